The topological polar surface area (TPSA) is 0 Å². The van der Waals surface area contributed by atoms with Crippen LogP contribution in [0.2, 0.25) is 0 Å². The van der Waals surface area contributed by atoms with Crippen LogP contribution in [-0.4, -0.2) is 0 Å². The summed E-state index contributed by atoms with van der Waals surface area (Å²) in [7, 11) is 0. The van der Waals surface area contributed by atoms with E-state index in [0.29, 0.717) is 5.41 Å². The highest BCUT2D eigenvalue weighted by atomic mass is 14.3. The second-order valence-electron chi connectivity index (χ2n) is 4.70. The predicted octanol–water partition coefficient (Wildman–Crippen LogP) is 3.84. The van der Waals surface area contributed by atoms with E-state index >= 15 is 0 Å². The third-order valence-electron chi connectivity index (χ3n) is 3.27. The van der Waals surface area contributed by atoms with Crippen LogP contribution in [0.1, 0.15) is 46.0 Å². The molecule has 12 heavy (non-hydrogen) atoms. The molecule has 0 heterocycles. The summed E-state index contributed by atoms with van der Waals surface area (Å²) in [5.41, 5.74) is 3.86. The molecule has 0 nitrogen and oxygen atoms in total. The lowest BCUT2D eigenvalue weighted by molar-refractivity contribution is 0.407. The van der Waals surface area contributed by atoms with Gasteiger partial charge >= 0.3 is 0 Å². The maximum absolute atomic E-state index is 2.39. The van der Waals surface area contributed by atoms with Crippen LogP contribution in [0.15, 0.2) is 23.3 Å². The van der Waals surface area contributed by atoms with Gasteiger partial charge in [-0.05, 0) is 43.1 Å². The quantitative estimate of drug-likeness (QED) is 0.507. The van der Waals surface area contributed by atoms with Gasteiger partial charge in [-0.2, -0.15) is 0 Å². The smallest absolute Gasteiger partial charge is 0.0104 e. The zero-order valence-corrected chi connectivity index (χ0v) is 8.19. The summed E-state index contributed by atoms with van der Waals surface area (Å²) in [5.74, 6) is 0. The van der Waals surface area contributed by atoms with Gasteiger partial charge in [0, 0.05) is 0 Å². The summed E-state index contributed by atoms with van der Waals surface area (Å²) in [6.07, 6.45) is 11.5. The fraction of sp³-hybridized carbons (Fsp3) is 0.667. The molecule has 66 valence electrons. The van der Waals surface area contributed by atoms with Gasteiger partial charge in [0.15, 0.2) is 0 Å². The van der Waals surface area contributed by atoms with Crippen LogP contribution in [0, 0.1) is 5.41 Å². The van der Waals surface area contributed by atoms with E-state index in [1.807, 2.05) is 0 Å². The van der Waals surface area contributed by atoms with E-state index in [4.69, 9.17) is 0 Å². The molecule has 0 radical (unpaired) electrons. The highest BCUT2D eigenvalue weighted by molar-refractivity contribution is 5.35. The van der Waals surface area contributed by atoms with Crippen molar-refractivity contribution >= 4 is 0 Å². The highest BCUT2D eigenvalue weighted by Gasteiger charge is 2.28. The lowest BCUT2D eigenvalue weighted by atomic mass is 9.71. The van der Waals surface area contributed by atoms with Crippen molar-refractivity contribution in [3.63, 3.8) is 0 Å². The van der Waals surface area contributed by atoms with E-state index < -0.39 is 0 Å². The maximum Gasteiger partial charge on any atom is -0.0104 e. The number of allylic oxidation sites excluding steroid dienone is 4. The zero-order chi connectivity index (χ0) is 8.60. The number of hydrogen-bond donors (Lipinski definition) is 0. The largest absolute Gasteiger partial charge is 0.0834 e. The Labute approximate surface area is 75.4 Å². The summed E-state index contributed by atoms with van der Waals surface area (Å²) in [6.45, 7) is 4.77. The minimum absolute atomic E-state index is 0.463. The normalized spacial score (nSPS) is 27.2. The lowest BCUT2D eigenvalue weighted by Gasteiger charge is -2.34. The molecule has 2 aliphatic rings. The summed E-state index contributed by atoms with van der Waals surface area (Å²) in [5, 5.41) is 0. The Balaban J connectivity index is 2.36. The van der Waals surface area contributed by atoms with E-state index in [2.05, 4.69) is 26.0 Å². The first kappa shape index (κ1) is 8.10. The molecular weight excluding hydrogens is 144 g/mol. The molecule has 0 aromatic heterocycles. The maximum atomic E-state index is 2.39. The fourth-order valence-electron chi connectivity index (χ4n) is 2.50. The van der Waals surface area contributed by atoms with Gasteiger partial charge in [0.25, 0.3) is 0 Å². The SMILES string of the molecule is CC1(C)CC=CC2=C1CCCC2. The standard InChI is InChI=1S/C12H18/c1-12(2)9-5-7-10-6-3-4-8-11(10)12/h5,7H,3-4,6,8-9H2,1-2H3. The minimum Gasteiger partial charge on any atom is -0.0834 e. The van der Waals surface area contributed by atoms with Crippen molar-refractivity contribution in [1.82, 2.24) is 0 Å². The van der Waals surface area contributed by atoms with E-state index in [1.54, 1.807) is 11.1 Å². The first-order chi connectivity index (χ1) is 5.70. The molecule has 2 rings (SSSR count). The van der Waals surface area contributed by atoms with Gasteiger partial charge in [-0.1, -0.05) is 31.6 Å². The van der Waals surface area contributed by atoms with E-state index in [-0.39, 0.29) is 0 Å². The van der Waals surface area contributed by atoms with Gasteiger partial charge in [0.2, 0.25) is 0 Å². The number of rotatable bonds is 0. The Hall–Kier alpha value is -0.520. The molecule has 2 aliphatic carbocycles. The first-order valence-corrected chi connectivity index (χ1v) is 5.09. The molecule has 0 aliphatic heterocycles. The van der Waals surface area contributed by atoms with Crippen molar-refractivity contribution in [2.45, 2.75) is 46.0 Å². The molecular formula is C12H18. The molecule has 0 fully saturated rings. The first-order valence-electron chi connectivity index (χ1n) is 5.09. The van der Waals surface area contributed by atoms with Gasteiger partial charge in [0.1, 0.15) is 0 Å². The third kappa shape index (κ3) is 1.24. The van der Waals surface area contributed by atoms with Crippen LogP contribution in [0.3, 0.4) is 0 Å². The molecule has 0 unspecified atom stereocenters. The van der Waals surface area contributed by atoms with Gasteiger partial charge in [-0.3, -0.25) is 0 Å². The second kappa shape index (κ2) is 2.76. The molecule has 0 aromatic rings. The van der Waals surface area contributed by atoms with Gasteiger partial charge < -0.3 is 0 Å². The Morgan fingerprint density at radius 3 is 2.67 bits per heavy atom. The summed E-state index contributed by atoms with van der Waals surface area (Å²) >= 11 is 0. The van der Waals surface area contributed by atoms with E-state index in [1.165, 1.54) is 32.1 Å². The fourth-order valence-corrected chi connectivity index (χ4v) is 2.50. The molecule has 0 spiro atoms. The average molecular weight is 162 g/mol. The molecule has 0 saturated carbocycles. The molecule has 0 N–H and O–H groups in total. The zero-order valence-electron chi connectivity index (χ0n) is 8.19. The summed E-state index contributed by atoms with van der Waals surface area (Å²) < 4.78 is 0. The van der Waals surface area contributed by atoms with Crippen molar-refractivity contribution in [3.05, 3.63) is 23.3 Å². The van der Waals surface area contributed by atoms with Crippen LogP contribution in [-0.2, 0) is 0 Å². The van der Waals surface area contributed by atoms with Crippen molar-refractivity contribution in [3.8, 4) is 0 Å². The van der Waals surface area contributed by atoms with Crippen LogP contribution in [0.25, 0.3) is 0 Å². The highest BCUT2D eigenvalue weighted by Crippen LogP contribution is 2.43. The van der Waals surface area contributed by atoms with Crippen LogP contribution in [0.4, 0.5) is 0 Å². The van der Waals surface area contributed by atoms with Crippen molar-refractivity contribution in [2.24, 2.45) is 5.41 Å². The van der Waals surface area contributed by atoms with Crippen molar-refractivity contribution in [1.29, 1.82) is 0 Å². The second-order valence-corrected chi connectivity index (χ2v) is 4.70. The van der Waals surface area contributed by atoms with E-state index in [9.17, 15) is 0 Å². The van der Waals surface area contributed by atoms with Gasteiger partial charge in [-0.15, -0.1) is 0 Å². The van der Waals surface area contributed by atoms with Crippen LogP contribution < -0.4 is 0 Å². The summed E-state index contributed by atoms with van der Waals surface area (Å²) in [6, 6.07) is 0. The van der Waals surface area contributed by atoms with Crippen LogP contribution in [0.5, 0.6) is 0 Å². The van der Waals surface area contributed by atoms with Crippen molar-refractivity contribution in [2.75, 3.05) is 0 Å². The molecule has 0 aromatic carbocycles. The van der Waals surface area contributed by atoms with E-state index in [0.717, 1.165) is 0 Å². The lowest BCUT2D eigenvalue weighted by Crippen LogP contribution is -2.20. The third-order valence-corrected chi connectivity index (χ3v) is 3.27. The predicted molar refractivity (Wildman–Crippen MR) is 53.0 cm³/mol. The van der Waals surface area contributed by atoms with Crippen LogP contribution >= 0.6 is 0 Å². The molecule has 0 saturated heterocycles. The number of hydrogen-bond acceptors (Lipinski definition) is 0. The van der Waals surface area contributed by atoms with Crippen molar-refractivity contribution < 1.29 is 0 Å². The van der Waals surface area contributed by atoms with Gasteiger partial charge in [-0.25, -0.2) is 0 Å². The Bertz CT molecular complexity index is 241. The Morgan fingerprint density at radius 1 is 1.17 bits per heavy atom. The molecule has 0 bridgehead atoms. The molecule has 0 atom stereocenters. The molecule has 0 amide bonds. The monoisotopic (exact) mass is 162 g/mol. The van der Waals surface area contributed by atoms with Gasteiger partial charge in [0.05, 0.1) is 0 Å². The molecule has 0 heteroatoms. The summed E-state index contributed by atoms with van der Waals surface area (Å²) in [4.78, 5) is 0. The minimum atomic E-state index is 0.463. The Morgan fingerprint density at radius 2 is 1.92 bits per heavy atom. The Kier molecular flexibility index (Phi) is 1.86. The average Bonchev–Trinajstić information content (AvgIpc) is 2.04.